The molecule has 0 bridgehead atoms. The topological polar surface area (TPSA) is 85.2 Å². The number of thiazole rings is 1. The van der Waals surface area contributed by atoms with Crippen LogP contribution in [0.4, 0.5) is 0 Å². The smallest absolute Gasteiger partial charge is 0.270 e. The quantitative estimate of drug-likeness (QED) is 0.182. The van der Waals surface area contributed by atoms with E-state index in [2.05, 4.69) is 37.5 Å². The van der Waals surface area contributed by atoms with E-state index in [1.165, 1.54) is 23.1 Å². The van der Waals surface area contributed by atoms with Gasteiger partial charge in [0.15, 0.2) is 5.16 Å². The van der Waals surface area contributed by atoms with Crippen molar-refractivity contribution < 1.29 is 9.53 Å². The minimum atomic E-state index is -0.145. The van der Waals surface area contributed by atoms with Gasteiger partial charge in [0.05, 0.1) is 34.7 Å². The van der Waals surface area contributed by atoms with Crippen molar-refractivity contribution >= 4 is 52.2 Å². The van der Waals surface area contributed by atoms with Crippen molar-refractivity contribution in [2.75, 3.05) is 39.4 Å². The summed E-state index contributed by atoms with van der Waals surface area (Å²) >= 11 is 15.5. The highest BCUT2D eigenvalue weighted by Crippen LogP contribution is 2.30. The maximum absolute atomic E-state index is 12.6. The largest absolute Gasteiger partial charge is 0.379 e. The minimum Gasteiger partial charge on any atom is -0.379 e. The Hall–Kier alpha value is -2.47. The zero-order chi connectivity index (χ0) is 27.0. The lowest BCUT2D eigenvalue weighted by molar-refractivity contribution is 0.0374. The monoisotopic (exact) mass is 602 g/mol. The van der Waals surface area contributed by atoms with E-state index >= 15 is 0 Å². The number of halogens is 2. The summed E-state index contributed by atoms with van der Waals surface area (Å²) < 4.78 is 7.37. The number of aromatic nitrogens is 4. The van der Waals surface area contributed by atoms with Crippen molar-refractivity contribution in [3.05, 3.63) is 86.0 Å². The molecule has 1 amide bonds. The number of nitrogens with zero attached hydrogens (tertiary/aromatic N) is 5. The highest BCUT2D eigenvalue weighted by atomic mass is 35.5. The second kappa shape index (κ2) is 13.7. The maximum Gasteiger partial charge on any atom is 0.270 e. The fourth-order valence-corrected chi connectivity index (χ4v) is 6.25. The standard InChI is InChI=1S/C27H28Cl2N6O2S2/c28-21-8-7-20(16-22(21)29)35-24(15-19-5-2-1-3-6-19)32-33-27(35)39-18-25-31-23(17-38-25)26(36)30-9-4-10-34-11-13-37-14-12-34/h1-3,5-8,16-17H,4,9-15,18H2,(H,30,36). The summed E-state index contributed by atoms with van der Waals surface area (Å²) in [4.78, 5) is 19.5. The number of carbonyl (C=O) groups excluding carboxylic acids is 1. The van der Waals surface area contributed by atoms with E-state index in [0.29, 0.717) is 39.6 Å². The third-order valence-electron chi connectivity index (χ3n) is 6.22. The van der Waals surface area contributed by atoms with Crippen LogP contribution in [0.3, 0.4) is 0 Å². The average molecular weight is 604 g/mol. The molecule has 0 spiro atoms. The molecular weight excluding hydrogens is 575 g/mol. The Bertz CT molecular complexity index is 1390. The molecule has 1 aliphatic heterocycles. The van der Waals surface area contributed by atoms with Crippen LogP contribution in [0.15, 0.2) is 59.1 Å². The summed E-state index contributed by atoms with van der Waals surface area (Å²) in [6.45, 7) is 5.04. The first-order valence-corrected chi connectivity index (χ1v) is 15.3. The van der Waals surface area contributed by atoms with Crippen LogP contribution in [0.2, 0.25) is 10.0 Å². The lowest BCUT2D eigenvalue weighted by Crippen LogP contribution is -2.38. The lowest BCUT2D eigenvalue weighted by atomic mass is 10.1. The van der Waals surface area contributed by atoms with Gasteiger partial charge >= 0.3 is 0 Å². The molecule has 1 fully saturated rings. The number of ether oxygens (including phenoxy) is 1. The van der Waals surface area contributed by atoms with Crippen molar-refractivity contribution in [1.82, 2.24) is 30.0 Å². The molecule has 204 valence electrons. The average Bonchev–Trinajstić information content (AvgIpc) is 3.60. The van der Waals surface area contributed by atoms with E-state index in [9.17, 15) is 4.79 Å². The Labute approximate surface area is 245 Å². The molecule has 1 aliphatic rings. The number of nitrogens with one attached hydrogen (secondary N) is 1. The number of benzene rings is 2. The van der Waals surface area contributed by atoms with E-state index in [1.54, 1.807) is 11.4 Å². The van der Waals surface area contributed by atoms with Crippen LogP contribution >= 0.6 is 46.3 Å². The molecule has 1 saturated heterocycles. The predicted molar refractivity (Wildman–Crippen MR) is 157 cm³/mol. The minimum absolute atomic E-state index is 0.145. The van der Waals surface area contributed by atoms with Gasteiger partial charge in [-0.25, -0.2) is 4.98 Å². The van der Waals surface area contributed by atoms with Crippen molar-refractivity contribution in [2.45, 2.75) is 23.8 Å². The highest BCUT2D eigenvalue weighted by Gasteiger charge is 2.18. The zero-order valence-corrected chi connectivity index (χ0v) is 24.3. The summed E-state index contributed by atoms with van der Waals surface area (Å²) in [5, 5.41) is 16.2. The van der Waals surface area contributed by atoms with Crippen molar-refractivity contribution in [3.63, 3.8) is 0 Å². The van der Waals surface area contributed by atoms with Crippen LogP contribution in [-0.4, -0.2) is 69.9 Å². The number of thioether (sulfide) groups is 1. The predicted octanol–water partition coefficient (Wildman–Crippen LogP) is 5.37. The van der Waals surface area contributed by atoms with Crippen molar-refractivity contribution in [2.24, 2.45) is 0 Å². The third kappa shape index (κ3) is 7.59. The maximum atomic E-state index is 12.6. The Morgan fingerprint density at radius 1 is 1.08 bits per heavy atom. The van der Waals surface area contributed by atoms with Crippen LogP contribution in [0, 0.1) is 0 Å². The van der Waals surface area contributed by atoms with Gasteiger partial charge in [-0.05, 0) is 36.7 Å². The molecule has 0 saturated carbocycles. The highest BCUT2D eigenvalue weighted by molar-refractivity contribution is 7.98. The Morgan fingerprint density at radius 2 is 1.90 bits per heavy atom. The van der Waals surface area contributed by atoms with Crippen LogP contribution < -0.4 is 5.32 Å². The summed E-state index contributed by atoms with van der Waals surface area (Å²) in [6, 6.07) is 15.6. The third-order valence-corrected chi connectivity index (χ3v) is 8.93. The normalized spacial score (nSPS) is 14.0. The molecule has 0 atom stereocenters. The Kier molecular flexibility index (Phi) is 9.89. The second-order valence-corrected chi connectivity index (χ2v) is 11.7. The lowest BCUT2D eigenvalue weighted by Gasteiger charge is -2.26. The van der Waals surface area contributed by atoms with Gasteiger partial charge in [-0.2, -0.15) is 0 Å². The summed E-state index contributed by atoms with van der Waals surface area (Å²) in [5.41, 5.74) is 2.40. The first-order chi connectivity index (χ1) is 19.1. The fraction of sp³-hybridized carbons (Fsp3) is 0.333. The number of hydrogen-bond acceptors (Lipinski definition) is 8. The molecule has 4 aromatic rings. The van der Waals surface area contributed by atoms with E-state index in [-0.39, 0.29) is 5.91 Å². The van der Waals surface area contributed by atoms with Gasteiger partial charge in [0, 0.05) is 31.4 Å². The Morgan fingerprint density at radius 3 is 2.69 bits per heavy atom. The summed E-state index contributed by atoms with van der Waals surface area (Å²) in [7, 11) is 0. The summed E-state index contributed by atoms with van der Waals surface area (Å²) in [6.07, 6.45) is 1.51. The molecule has 0 aliphatic carbocycles. The molecule has 3 heterocycles. The molecule has 5 rings (SSSR count). The van der Waals surface area contributed by atoms with Gasteiger partial charge in [0.1, 0.15) is 16.5 Å². The van der Waals surface area contributed by atoms with E-state index in [4.69, 9.17) is 27.9 Å². The molecule has 2 aromatic heterocycles. The molecule has 8 nitrogen and oxygen atoms in total. The molecule has 2 aromatic carbocycles. The first-order valence-electron chi connectivity index (χ1n) is 12.7. The van der Waals surface area contributed by atoms with Crippen molar-refractivity contribution in [1.29, 1.82) is 0 Å². The van der Waals surface area contributed by atoms with Gasteiger partial charge in [0.2, 0.25) is 0 Å². The molecule has 1 N–H and O–H groups in total. The molecule has 0 unspecified atom stereocenters. The number of hydrogen-bond donors (Lipinski definition) is 1. The molecule has 0 radical (unpaired) electrons. The number of rotatable bonds is 11. The number of morpholine rings is 1. The summed E-state index contributed by atoms with van der Waals surface area (Å²) in [5.74, 6) is 1.20. The van der Waals surface area contributed by atoms with E-state index < -0.39 is 0 Å². The molecule has 12 heteroatoms. The number of amides is 1. The SMILES string of the molecule is O=C(NCCCN1CCOCC1)c1csc(CSc2nnc(Cc3ccccc3)n2-c2ccc(Cl)c(Cl)c2)n1. The van der Waals surface area contributed by atoms with Gasteiger partial charge in [0.25, 0.3) is 5.91 Å². The van der Waals surface area contributed by atoms with Gasteiger partial charge in [-0.15, -0.1) is 21.5 Å². The van der Waals surface area contributed by atoms with Gasteiger partial charge in [-0.3, -0.25) is 14.3 Å². The van der Waals surface area contributed by atoms with Gasteiger partial charge in [-0.1, -0.05) is 65.3 Å². The molecular formula is C27H28Cl2N6O2S2. The zero-order valence-electron chi connectivity index (χ0n) is 21.2. The van der Waals surface area contributed by atoms with Gasteiger partial charge < -0.3 is 10.1 Å². The second-order valence-electron chi connectivity index (χ2n) is 8.97. The van der Waals surface area contributed by atoms with Crippen LogP contribution in [0.25, 0.3) is 5.69 Å². The van der Waals surface area contributed by atoms with Crippen LogP contribution in [0.1, 0.15) is 33.3 Å². The first kappa shape index (κ1) is 28.1. The van der Waals surface area contributed by atoms with Crippen molar-refractivity contribution in [3.8, 4) is 5.69 Å². The van der Waals surface area contributed by atoms with E-state index in [1.807, 2.05) is 34.9 Å². The van der Waals surface area contributed by atoms with Crippen LogP contribution in [0.5, 0.6) is 0 Å². The fourth-order valence-electron chi connectivity index (χ4n) is 4.20. The van der Waals surface area contributed by atoms with Crippen LogP contribution in [-0.2, 0) is 16.9 Å². The number of carbonyl (C=O) groups is 1. The molecule has 39 heavy (non-hydrogen) atoms. The Balaban J connectivity index is 1.22. The van der Waals surface area contributed by atoms with E-state index in [0.717, 1.165) is 61.4 Å².